The van der Waals surface area contributed by atoms with E-state index in [1.807, 2.05) is 18.2 Å². The molecule has 0 aliphatic carbocycles. The molecule has 0 aliphatic rings. The van der Waals surface area contributed by atoms with Crippen LogP contribution < -0.4 is 14.2 Å². The maximum absolute atomic E-state index is 5.90. The molecule has 0 saturated heterocycles. The van der Waals surface area contributed by atoms with Gasteiger partial charge < -0.3 is 18.6 Å². The highest BCUT2D eigenvalue weighted by Gasteiger charge is 2.16. The Labute approximate surface area is 135 Å². The summed E-state index contributed by atoms with van der Waals surface area (Å²) in [4.78, 5) is 5.26. The van der Waals surface area contributed by atoms with Gasteiger partial charge in [-0.05, 0) is 17.4 Å². The Morgan fingerprint density at radius 3 is 2.65 bits per heavy atom. The van der Waals surface area contributed by atoms with Crippen molar-refractivity contribution in [3.63, 3.8) is 0 Å². The van der Waals surface area contributed by atoms with Crippen molar-refractivity contribution in [2.24, 2.45) is 0 Å². The Morgan fingerprint density at radius 1 is 1.09 bits per heavy atom. The average molecular weight is 331 g/mol. The van der Waals surface area contributed by atoms with Gasteiger partial charge in [0, 0.05) is 12.1 Å². The molecule has 4 rings (SSSR count). The van der Waals surface area contributed by atoms with Crippen molar-refractivity contribution < 1.29 is 18.6 Å². The number of nitrogens with zero attached hydrogens (tertiary/aromatic N) is 3. The Kier molecular flexibility index (Phi) is 3.12. The normalized spacial score (nSPS) is 11.3. The summed E-state index contributed by atoms with van der Waals surface area (Å²) in [5.41, 5.74) is 1.38. The Bertz CT molecular complexity index is 970. The van der Waals surface area contributed by atoms with Gasteiger partial charge in [-0.1, -0.05) is 0 Å². The lowest BCUT2D eigenvalue weighted by Gasteiger charge is -2.04. The maximum atomic E-state index is 5.90. The second-order valence-corrected chi connectivity index (χ2v) is 5.70. The van der Waals surface area contributed by atoms with Crippen LogP contribution in [-0.2, 0) is 0 Å². The predicted molar refractivity (Wildman–Crippen MR) is 85.7 cm³/mol. The van der Waals surface area contributed by atoms with Gasteiger partial charge >= 0.3 is 0 Å². The quantitative estimate of drug-likeness (QED) is 0.572. The van der Waals surface area contributed by atoms with Gasteiger partial charge in [-0.25, -0.2) is 9.50 Å². The van der Waals surface area contributed by atoms with Crippen molar-refractivity contribution in [2.45, 2.75) is 0 Å². The van der Waals surface area contributed by atoms with E-state index in [1.54, 1.807) is 32.0 Å². The van der Waals surface area contributed by atoms with Crippen molar-refractivity contribution in [3.05, 3.63) is 24.4 Å². The van der Waals surface area contributed by atoms with Crippen LogP contribution in [0.2, 0.25) is 0 Å². The van der Waals surface area contributed by atoms with E-state index >= 15 is 0 Å². The minimum atomic E-state index is 0.565. The zero-order valence-electron chi connectivity index (χ0n) is 12.7. The molecule has 0 atom stereocenters. The van der Waals surface area contributed by atoms with Gasteiger partial charge in [0.15, 0.2) is 5.76 Å². The highest BCUT2D eigenvalue weighted by Crippen LogP contribution is 2.37. The molecule has 118 valence electrons. The van der Waals surface area contributed by atoms with Gasteiger partial charge in [0.25, 0.3) is 5.19 Å². The second kappa shape index (κ2) is 5.17. The summed E-state index contributed by atoms with van der Waals surface area (Å²) in [5.74, 6) is 2.01. The Balaban J connectivity index is 1.84. The van der Waals surface area contributed by atoms with Crippen LogP contribution in [0.3, 0.4) is 0 Å². The lowest BCUT2D eigenvalue weighted by atomic mass is 10.2. The molecule has 0 saturated carbocycles. The SMILES string of the molecule is COc1cc(OC)c2cc(-c3cn4nc(OC)sc4n3)oc2c1. The predicted octanol–water partition coefficient (Wildman–Crippen LogP) is 3.23. The molecule has 7 nitrogen and oxygen atoms in total. The second-order valence-electron chi connectivity index (χ2n) is 4.78. The summed E-state index contributed by atoms with van der Waals surface area (Å²) in [7, 11) is 4.80. The summed E-state index contributed by atoms with van der Waals surface area (Å²) < 4.78 is 23.3. The van der Waals surface area contributed by atoms with Crippen LogP contribution in [0, 0.1) is 0 Å². The summed E-state index contributed by atoms with van der Waals surface area (Å²) in [6.45, 7) is 0. The summed E-state index contributed by atoms with van der Waals surface area (Å²) in [5, 5.41) is 5.69. The average Bonchev–Trinajstić information content (AvgIpc) is 3.24. The number of aromatic nitrogens is 3. The van der Waals surface area contributed by atoms with Crippen LogP contribution in [0.4, 0.5) is 0 Å². The third kappa shape index (κ3) is 2.18. The fraction of sp³-hybridized carbons (Fsp3) is 0.200. The van der Waals surface area contributed by atoms with Crippen LogP contribution in [0.5, 0.6) is 16.7 Å². The topological polar surface area (TPSA) is 71.0 Å². The van der Waals surface area contributed by atoms with Gasteiger partial charge in [0.05, 0.1) is 32.9 Å². The van der Waals surface area contributed by atoms with Crippen LogP contribution in [0.25, 0.3) is 27.4 Å². The summed E-state index contributed by atoms with van der Waals surface area (Å²) >= 11 is 1.37. The van der Waals surface area contributed by atoms with Gasteiger partial charge in [0.1, 0.15) is 22.8 Å². The lowest BCUT2D eigenvalue weighted by molar-refractivity contribution is 0.397. The molecule has 0 amide bonds. The van der Waals surface area contributed by atoms with Crippen molar-refractivity contribution in [1.82, 2.24) is 14.6 Å². The molecular weight excluding hydrogens is 318 g/mol. The first-order chi connectivity index (χ1) is 11.2. The number of imidazole rings is 1. The molecule has 3 heterocycles. The van der Waals surface area contributed by atoms with Crippen molar-refractivity contribution in [1.29, 1.82) is 0 Å². The zero-order valence-corrected chi connectivity index (χ0v) is 13.5. The third-order valence-corrected chi connectivity index (χ3v) is 4.36. The number of hydrogen-bond acceptors (Lipinski definition) is 7. The van der Waals surface area contributed by atoms with E-state index in [0.717, 1.165) is 10.3 Å². The monoisotopic (exact) mass is 331 g/mol. The van der Waals surface area contributed by atoms with Gasteiger partial charge in [-0.3, -0.25) is 0 Å². The summed E-state index contributed by atoms with van der Waals surface area (Å²) in [6, 6.07) is 5.54. The largest absolute Gasteiger partial charge is 0.496 e. The molecule has 1 aromatic carbocycles. The molecule has 3 aromatic heterocycles. The van der Waals surface area contributed by atoms with E-state index < -0.39 is 0 Å². The molecule has 0 unspecified atom stereocenters. The molecule has 0 radical (unpaired) electrons. The zero-order chi connectivity index (χ0) is 16.0. The molecule has 0 spiro atoms. The molecule has 0 aliphatic heterocycles. The number of methoxy groups -OCH3 is 3. The minimum Gasteiger partial charge on any atom is -0.496 e. The highest BCUT2D eigenvalue weighted by atomic mass is 32.1. The molecule has 0 N–H and O–H groups in total. The Hall–Kier alpha value is -2.74. The lowest BCUT2D eigenvalue weighted by Crippen LogP contribution is -1.86. The number of benzene rings is 1. The standard InChI is InChI=1S/C15H13N3O4S/c1-19-8-4-11(20-2)9-6-13(22-12(9)5-8)10-7-18-14(16-10)23-15(17-18)21-3/h4-7H,1-3H3. The van der Waals surface area contributed by atoms with Crippen LogP contribution in [0.15, 0.2) is 28.8 Å². The number of hydrogen-bond donors (Lipinski definition) is 0. The first-order valence-corrected chi connectivity index (χ1v) is 7.59. The summed E-state index contributed by atoms with van der Waals surface area (Å²) in [6.07, 6.45) is 1.80. The number of furan rings is 1. The fourth-order valence-electron chi connectivity index (χ4n) is 2.38. The smallest absolute Gasteiger partial charge is 0.294 e. The van der Waals surface area contributed by atoms with E-state index in [4.69, 9.17) is 18.6 Å². The first-order valence-electron chi connectivity index (χ1n) is 6.78. The third-order valence-electron chi connectivity index (χ3n) is 3.48. The van der Waals surface area contributed by atoms with E-state index in [9.17, 15) is 0 Å². The Morgan fingerprint density at radius 2 is 1.96 bits per heavy atom. The van der Waals surface area contributed by atoms with E-state index in [2.05, 4.69) is 10.1 Å². The molecule has 23 heavy (non-hydrogen) atoms. The molecule has 8 heteroatoms. The van der Waals surface area contributed by atoms with Crippen molar-refractivity contribution in [2.75, 3.05) is 21.3 Å². The maximum Gasteiger partial charge on any atom is 0.294 e. The molecule has 0 bridgehead atoms. The molecule has 4 aromatic rings. The minimum absolute atomic E-state index is 0.565. The van der Waals surface area contributed by atoms with Crippen LogP contribution in [-0.4, -0.2) is 35.9 Å². The van der Waals surface area contributed by atoms with E-state index in [1.165, 1.54) is 11.3 Å². The van der Waals surface area contributed by atoms with Crippen LogP contribution >= 0.6 is 11.3 Å². The first kappa shape index (κ1) is 13.9. The fourth-order valence-corrected chi connectivity index (χ4v) is 3.08. The molecule has 0 fully saturated rings. The number of fused-ring (bicyclic) bond motifs is 2. The van der Waals surface area contributed by atoms with E-state index in [0.29, 0.717) is 33.7 Å². The number of rotatable bonds is 4. The van der Waals surface area contributed by atoms with Crippen molar-refractivity contribution in [3.8, 4) is 28.1 Å². The number of ether oxygens (including phenoxy) is 3. The van der Waals surface area contributed by atoms with Gasteiger partial charge in [-0.2, -0.15) is 0 Å². The highest BCUT2D eigenvalue weighted by molar-refractivity contribution is 7.18. The van der Waals surface area contributed by atoms with Crippen molar-refractivity contribution >= 4 is 27.3 Å². The van der Waals surface area contributed by atoms with Gasteiger partial charge in [0.2, 0.25) is 4.96 Å². The van der Waals surface area contributed by atoms with Gasteiger partial charge in [-0.15, -0.1) is 5.10 Å². The van der Waals surface area contributed by atoms with E-state index in [-0.39, 0.29) is 0 Å². The molecular formula is C15H13N3O4S. The van der Waals surface area contributed by atoms with Crippen LogP contribution in [0.1, 0.15) is 0 Å².